The van der Waals surface area contributed by atoms with Crippen molar-refractivity contribution in [1.82, 2.24) is 9.80 Å². The molecular formula is C25H34N2O5. The van der Waals surface area contributed by atoms with Crippen LogP contribution < -0.4 is 9.47 Å². The van der Waals surface area contributed by atoms with Crippen LogP contribution in [0.4, 0.5) is 0 Å². The lowest BCUT2D eigenvalue weighted by atomic mass is 9.91. The smallest absolute Gasteiger partial charge is 0.242 e. The predicted molar refractivity (Wildman–Crippen MR) is 121 cm³/mol. The van der Waals surface area contributed by atoms with Gasteiger partial charge in [0.05, 0.1) is 13.1 Å². The zero-order chi connectivity index (χ0) is 23.5. The molecule has 7 nitrogen and oxygen atoms in total. The summed E-state index contributed by atoms with van der Waals surface area (Å²) in [7, 11) is 0. The number of nitrogens with zero attached hydrogens (tertiary/aromatic N) is 2. The monoisotopic (exact) mass is 442 g/mol. The van der Waals surface area contributed by atoms with E-state index in [0.717, 1.165) is 11.3 Å². The van der Waals surface area contributed by atoms with Crippen molar-refractivity contribution < 1.29 is 23.5 Å². The molecule has 2 amide bonds. The molecule has 1 aromatic heterocycles. The molecule has 2 aromatic rings. The molecule has 1 aliphatic rings. The third-order valence-corrected chi connectivity index (χ3v) is 5.24. The zero-order valence-electron chi connectivity index (χ0n) is 19.9. The Morgan fingerprint density at radius 3 is 2.34 bits per heavy atom. The van der Waals surface area contributed by atoms with Gasteiger partial charge in [-0.1, -0.05) is 26.8 Å². The molecular weight excluding hydrogens is 408 g/mol. The molecule has 32 heavy (non-hydrogen) atoms. The van der Waals surface area contributed by atoms with Crippen LogP contribution in [-0.4, -0.2) is 41.0 Å². The van der Waals surface area contributed by atoms with Gasteiger partial charge < -0.3 is 23.7 Å². The summed E-state index contributed by atoms with van der Waals surface area (Å²) in [5.74, 6) is 2.72. The number of furan rings is 1. The second kappa shape index (κ2) is 9.67. The van der Waals surface area contributed by atoms with Gasteiger partial charge in [-0.05, 0) is 56.0 Å². The van der Waals surface area contributed by atoms with Gasteiger partial charge in [-0.15, -0.1) is 0 Å². The van der Waals surface area contributed by atoms with E-state index < -0.39 is 0 Å². The molecule has 0 fully saturated rings. The molecule has 0 unspecified atom stereocenters. The van der Waals surface area contributed by atoms with Gasteiger partial charge >= 0.3 is 0 Å². The Hall–Kier alpha value is -2.96. The van der Waals surface area contributed by atoms with Crippen molar-refractivity contribution in [3.63, 3.8) is 0 Å². The number of amides is 2. The van der Waals surface area contributed by atoms with E-state index in [0.29, 0.717) is 36.8 Å². The summed E-state index contributed by atoms with van der Waals surface area (Å²) in [5, 5.41) is 0. The minimum Gasteiger partial charge on any atom is -0.464 e. The number of fused-ring (bicyclic) bond motifs is 1. The van der Waals surface area contributed by atoms with Gasteiger partial charge in [0.25, 0.3) is 0 Å². The highest BCUT2D eigenvalue weighted by atomic mass is 16.7. The maximum Gasteiger partial charge on any atom is 0.242 e. The third-order valence-electron chi connectivity index (χ3n) is 5.24. The standard InChI is InChI=1S/C25H34N2O5/c1-17(2)27(23(28)12-25(4,5)6)15-24(29)26(14-20-9-7-18(3)32-20)13-19-8-10-21-22(11-19)31-16-30-21/h7-11,17H,12-16H2,1-6H3. The number of aryl methyl sites for hydroxylation is 1. The Morgan fingerprint density at radius 2 is 1.72 bits per heavy atom. The number of hydrogen-bond acceptors (Lipinski definition) is 5. The Bertz CT molecular complexity index is 957. The van der Waals surface area contributed by atoms with Crippen LogP contribution in [0.3, 0.4) is 0 Å². The Morgan fingerprint density at radius 1 is 1.00 bits per heavy atom. The highest BCUT2D eigenvalue weighted by Crippen LogP contribution is 2.33. The molecule has 2 heterocycles. The van der Waals surface area contributed by atoms with Crippen molar-refractivity contribution in [2.45, 2.75) is 67.1 Å². The quantitative estimate of drug-likeness (QED) is 0.601. The summed E-state index contributed by atoms with van der Waals surface area (Å²) in [6, 6.07) is 9.34. The van der Waals surface area contributed by atoms with E-state index in [1.54, 1.807) is 9.80 Å². The van der Waals surface area contributed by atoms with Crippen LogP contribution in [0.25, 0.3) is 0 Å². The molecule has 1 aliphatic heterocycles. The van der Waals surface area contributed by atoms with Crippen LogP contribution in [0, 0.1) is 12.3 Å². The number of rotatable bonds is 8. The Labute approximate surface area is 190 Å². The molecule has 0 bridgehead atoms. The second-order valence-corrected chi connectivity index (χ2v) is 9.80. The summed E-state index contributed by atoms with van der Waals surface area (Å²) in [6.45, 7) is 12.7. The highest BCUT2D eigenvalue weighted by Gasteiger charge is 2.27. The normalized spacial score (nSPS) is 12.8. The maximum absolute atomic E-state index is 13.4. The number of carbonyl (C=O) groups is 2. The summed E-state index contributed by atoms with van der Waals surface area (Å²) in [5.41, 5.74) is 0.772. The topological polar surface area (TPSA) is 72.2 Å². The molecule has 0 aliphatic carbocycles. The lowest BCUT2D eigenvalue weighted by molar-refractivity contribution is -0.143. The van der Waals surface area contributed by atoms with Crippen molar-refractivity contribution in [2.24, 2.45) is 5.41 Å². The first-order valence-electron chi connectivity index (χ1n) is 11.0. The van der Waals surface area contributed by atoms with E-state index in [-0.39, 0.29) is 36.6 Å². The minimum atomic E-state index is -0.148. The molecule has 0 saturated carbocycles. The zero-order valence-corrected chi connectivity index (χ0v) is 19.9. The highest BCUT2D eigenvalue weighted by molar-refractivity contribution is 5.85. The van der Waals surface area contributed by atoms with Crippen molar-refractivity contribution in [3.05, 3.63) is 47.4 Å². The number of ether oxygens (including phenoxy) is 2. The fourth-order valence-electron chi connectivity index (χ4n) is 3.61. The van der Waals surface area contributed by atoms with Gasteiger partial charge in [0.1, 0.15) is 11.5 Å². The van der Waals surface area contributed by atoms with E-state index in [2.05, 4.69) is 0 Å². The third kappa shape index (κ3) is 6.28. The average molecular weight is 443 g/mol. The van der Waals surface area contributed by atoms with Crippen molar-refractivity contribution >= 4 is 11.8 Å². The summed E-state index contributed by atoms with van der Waals surface area (Å²) in [4.78, 5) is 29.7. The number of hydrogen-bond donors (Lipinski definition) is 0. The van der Waals surface area contributed by atoms with Gasteiger partial charge in [0.2, 0.25) is 18.6 Å². The minimum absolute atomic E-state index is 0.0160. The lowest BCUT2D eigenvalue weighted by Crippen LogP contribution is -2.46. The average Bonchev–Trinajstić information content (AvgIpc) is 3.31. The van der Waals surface area contributed by atoms with Crippen molar-refractivity contribution in [3.8, 4) is 11.5 Å². The van der Waals surface area contributed by atoms with Crippen molar-refractivity contribution in [2.75, 3.05) is 13.3 Å². The summed E-state index contributed by atoms with van der Waals surface area (Å²) in [6.07, 6.45) is 0.387. The molecule has 3 rings (SSSR count). The van der Waals surface area contributed by atoms with Crippen LogP contribution in [0.15, 0.2) is 34.7 Å². The van der Waals surface area contributed by atoms with Crippen LogP contribution in [0.1, 0.15) is 58.1 Å². The summed E-state index contributed by atoms with van der Waals surface area (Å²) < 4.78 is 16.6. The molecule has 1 aromatic carbocycles. The van der Waals surface area contributed by atoms with Gasteiger partial charge in [-0.3, -0.25) is 9.59 Å². The van der Waals surface area contributed by atoms with E-state index in [1.165, 1.54) is 0 Å². The lowest BCUT2D eigenvalue weighted by Gasteiger charge is -2.32. The first-order valence-corrected chi connectivity index (χ1v) is 11.0. The largest absolute Gasteiger partial charge is 0.464 e. The van der Waals surface area contributed by atoms with E-state index in [1.807, 2.05) is 71.9 Å². The van der Waals surface area contributed by atoms with Crippen LogP contribution in [-0.2, 0) is 22.7 Å². The van der Waals surface area contributed by atoms with Crippen LogP contribution >= 0.6 is 0 Å². The van der Waals surface area contributed by atoms with Crippen molar-refractivity contribution in [1.29, 1.82) is 0 Å². The molecule has 0 spiro atoms. The fourth-order valence-corrected chi connectivity index (χ4v) is 3.61. The second-order valence-electron chi connectivity index (χ2n) is 9.80. The fraction of sp³-hybridized carbons (Fsp3) is 0.520. The Balaban J connectivity index is 1.79. The van der Waals surface area contributed by atoms with Crippen LogP contribution in [0.5, 0.6) is 11.5 Å². The molecule has 0 radical (unpaired) electrons. The SMILES string of the molecule is Cc1ccc(CN(Cc2ccc3c(c2)OCO3)C(=O)CN(C(=O)CC(C)(C)C)C(C)C)o1. The number of carbonyl (C=O) groups excluding carboxylic acids is 2. The molecule has 0 saturated heterocycles. The van der Waals surface area contributed by atoms with Gasteiger partial charge in [0, 0.05) is 19.0 Å². The molecule has 0 atom stereocenters. The van der Waals surface area contributed by atoms with E-state index in [4.69, 9.17) is 13.9 Å². The molecule has 174 valence electrons. The van der Waals surface area contributed by atoms with Gasteiger partial charge in [-0.2, -0.15) is 0 Å². The van der Waals surface area contributed by atoms with E-state index in [9.17, 15) is 9.59 Å². The maximum atomic E-state index is 13.4. The molecule has 7 heteroatoms. The van der Waals surface area contributed by atoms with Crippen LogP contribution in [0.2, 0.25) is 0 Å². The first kappa shape index (κ1) is 23.7. The van der Waals surface area contributed by atoms with E-state index >= 15 is 0 Å². The Kier molecular flexibility index (Phi) is 7.16. The molecule has 0 N–H and O–H groups in total. The number of benzene rings is 1. The first-order chi connectivity index (χ1) is 15.0. The predicted octanol–water partition coefficient (Wildman–Crippen LogP) is 4.52. The van der Waals surface area contributed by atoms with Gasteiger partial charge in [-0.25, -0.2) is 0 Å². The van der Waals surface area contributed by atoms with Gasteiger partial charge in [0.15, 0.2) is 11.5 Å². The summed E-state index contributed by atoms with van der Waals surface area (Å²) >= 11 is 0.